The van der Waals surface area contributed by atoms with E-state index in [9.17, 15) is 9.59 Å². The van der Waals surface area contributed by atoms with Gasteiger partial charge in [-0.25, -0.2) is 4.98 Å². The van der Waals surface area contributed by atoms with Gasteiger partial charge in [0.05, 0.1) is 17.5 Å². The number of amides is 1. The Labute approximate surface area is 145 Å². The van der Waals surface area contributed by atoms with E-state index in [0.717, 1.165) is 27.9 Å². The number of aromatic nitrogens is 1. The first-order valence-corrected chi connectivity index (χ1v) is 8.93. The van der Waals surface area contributed by atoms with Gasteiger partial charge in [0.2, 0.25) is 0 Å². The summed E-state index contributed by atoms with van der Waals surface area (Å²) in [5.74, 6) is -0.798. The summed E-state index contributed by atoms with van der Waals surface area (Å²) in [7, 11) is 0. The molecule has 0 bridgehead atoms. The molecule has 5 nitrogen and oxygen atoms in total. The Hall–Kier alpha value is -1.73. The maximum Gasteiger partial charge on any atom is 0.305 e. The quantitative estimate of drug-likeness (QED) is 0.781. The highest BCUT2D eigenvalue weighted by atomic mass is 79.9. The van der Waals surface area contributed by atoms with Gasteiger partial charge in [-0.2, -0.15) is 0 Å². The maximum atomic E-state index is 12.4. The molecule has 1 aromatic heterocycles. The molecule has 1 atom stereocenters. The summed E-state index contributed by atoms with van der Waals surface area (Å²) in [6.07, 6.45) is 2.09. The number of aliphatic carboxylic acids is 1. The van der Waals surface area contributed by atoms with Crippen molar-refractivity contribution in [2.45, 2.75) is 31.2 Å². The van der Waals surface area contributed by atoms with Gasteiger partial charge in [0.25, 0.3) is 5.91 Å². The SMILES string of the molecule is O=C(O)CC(NC(=O)c1csc(C2CC2)n1)c1cccc(Br)c1. The molecule has 0 radical (unpaired) electrons. The van der Waals surface area contributed by atoms with E-state index >= 15 is 0 Å². The predicted molar refractivity (Wildman–Crippen MR) is 90.7 cm³/mol. The molecule has 1 aliphatic rings. The smallest absolute Gasteiger partial charge is 0.305 e. The van der Waals surface area contributed by atoms with Crippen LogP contribution in [0.2, 0.25) is 0 Å². The van der Waals surface area contributed by atoms with Crippen molar-refractivity contribution in [2.75, 3.05) is 0 Å². The maximum absolute atomic E-state index is 12.4. The van der Waals surface area contributed by atoms with Crippen molar-refractivity contribution < 1.29 is 14.7 Å². The van der Waals surface area contributed by atoms with E-state index in [1.807, 2.05) is 18.2 Å². The van der Waals surface area contributed by atoms with Crippen molar-refractivity contribution in [3.8, 4) is 0 Å². The van der Waals surface area contributed by atoms with E-state index in [1.54, 1.807) is 11.4 Å². The number of carbonyl (C=O) groups is 2. The number of carbonyl (C=O) groups excluding carboxylic acids is 1. The summed E-state index contributed by atoms with van der Waals surface area (Å²) >= 11 is 4.86. The van der Waals surface area contributed by atoms with Gasteiger partial charge in [0, 0.05) is 15.8 Å². The Bertz CT molecular complexity index is 742. The molecule has 1 heterocycles. The minimum atomic E-state index is -0.966. The van der Waals surface area contributed by atoms with Crippen LogP contribution < -0.4 is 5.32 Å². The molecule has 1 aromatic carbocycles. The first kappa shape index (κ1) is 16.1. The third kappa shape index (κ3) is 4.17. The van der Waals surface area contributed by atoms with Gasteiger partial charge >= 0.3 is 5.97 Å². The van der Waals surface area contributed by atoms with E-state index < -0.39 is 12.0 Å². The van der Waals surface area contributed by atoms with Crippen LogP contribution in [0, 0.1) is 0 Å². The molecule has 7 heteroatoms. The molecule has 23 heavy (non-hydrogen) atoms. The van der Waals surface area contributed by atoms with E-state index in [4.69, 9.17) is 5.11 Å². The number of carboxylic acids is 1. The first-order chi connectivity index (χ1) is 11.0. The van der Waals surface area contributed by atoms with Crippen LogP contribution in [0.5, 0.6) is 0 Å². The molecule has 2 N–H and O–H groups in total. The van der Waals surface area contributed by atoms with Gasteiger partial charge in [-0.3, -0.25) is 9.59 Å². The third-order valence-corrected chi connectivity index (χ3v) is 5.12. The highest BCUT2D eigenvalue weighted by Gasteiger charge is 2.28. The Kier molecular flexibility index (Phi) is 4.77. The highest BCUT2D eigenvalue weighted by Crippen LogP contribution is 2.41. The topological polar surface area (TPSA) is 79.3 Å². The third-order valence-electron chi connectivity index (χ3n) is 3.62. The molecule has 0 saturated heterocycles. The summed E-state index contributed by atoms with van der Waals surface area (Å²) in [5, 5.41) is 14.6. The molecule has 1 fully saturated rings. The second-order valence-electron chi connectivity index (χ2n) is 5.52. The average molecular weight is 395 g/mol. The van der Waals surface area contributed by atoms with Crippen LogP contribution in [0.1, 0.15) is 52.3 Å². The molecule has 3 rings (SSSR count). The predicted octanol–water partition coefficient (Wildman–Crippen LogP) is 3.73. The lowest BCUT2D eigenvalue weighted by Gasteiger charge is -2.17. The molecule has 1 unspecified atom stereocenters. The van der Waals surface area contributed by atoms with Crippen LogP contribution >= 0.6 is 27.3 Å². The summed E-state index contributed by atoms with van der Waals surface area (Å²) in [4.78, 5) is 27.9. The van der Waals surface area contributed by atoms with E-state index in [0.29, 0.717) is 11.6 Å². The molecule has 1 aliphatic carbocycles. The van der Waals surface area contributed by atoms with Gasteiger partial charge in [0.15, 0.2) is 0 Å². The second kappa shape index (κ2) is 6.80. The van der Waals surface area contributed by atoms with Crippen LogP contribution in [0.15, 0.2) is 34.1 Å². The largest absolute Gasteiger partial charge is 0.481 e. The summed E-state index contributed by atoms with van der Waals surface area (Å²) < 4.78 is 0.837. The first-order valence-electron chi connectivity index (χ1n) is 7.26. The fraction of sp³-hybridized carbons (Fsp3) is 0.312. The van der Waals surface area contributed by atoms with Gasteiger partial charge in [0.1, 0.15) is 5.69 Å². The molecule has 1 saturated carbocycles. The van der Waals surface area contributed by atoms with Crippen molar-refractivity contribution in [2.24, 2.45) is 0 Å². The van der Waals surface area contributed by atoms with Crippen molar-refractivity contribution in [1.82, 2.24) is 10.3 Å². The Morgan fingerprint density at radius 1 is 1.43 bits per heavy atom. The second-order valence-corrected chi connectivity index (χ2v) is 7.33. The lowest BCUT2D eigenvalue weighted by Crippen LogP contribution is -2.30. The number of benzene rings is 1. The zero-order chi connectivity index (χ0) is 16.4. The van der Waals surface area contributed by atoms with Crippen LogP contribution in [-0.4, -0.2) is 22.0 Å². The van der Waals surface area contributed by atoms with Crippen molar-refractivity contribution in [1.29, 1.82) is 0 Å². The van der Waals surface area contributed by atoms with E-state index in [2.05, 4.69) is 26.2 Å². The van der Waals surface area contributed by atoms with Gasteiger partial charge in [-0.1, -0.05) is 28.1 Å². The normalized spacial score (nSPS) is 15.2. The minimum absolute atomic E-state index is 0.179. The molecule has 120 valence electrons. The molecule has 0 spiro atoms. The Morgan fingerprint density at radius 2 is 2.22 bits per heavy atom. The monoisotopic (exact) mass is 394 g/mol. The summed E-state index contributed by atoms with van der Waals surface area (Å²) in [5.41, 5.74) is 1.11. The lowest BCUT2D eigenvalue weighted by atomic mass is 10.0. The number of rotatable bonds is 6. The fourth-order valence-electron chi connectivity index (χ4n) is 2.29. The van der Waals surface area contributed by atoms with E-state index in [1.165, 1.54) is 11.3 Å². The number of nitrogens with zero attached hydrogens (tertiary/aromatic N) is 1. The number of thiazole rings is 1. The molecule has 2 aromatic rings. The summed E-state index contributed by atoms with van der Waals surface area (Å²) in [6.45, 7) is 0. The van der Waals surface area contributed by atoms with Crippen LogP contribution in [0.4, 0.5) is 0 Å². The van der Waals surface area contributed by atoms with E-state index in [-0.39, 0.29) is 12.3 Å². The fourth-order valence-corrected chi connectivity index (χ4v) is 3.68. The zero-order valence-corrected chi connectivity index (χ0v) is 14.6. The average Bonchev–Trinajstić information content (AvgIpc) is 3.23. The van der Waals surface area contributed by atoms with Crippen LogP contribution in [-0.2, 0) is 4.79 Å². The van der Waals surface area contributed by atoms with Crippen molar-refractivity contribution in [3.63, 3.8) is 0 Å². The Balaban J connectivity index is 1.76. The van der Waals surface area contributed by atoms with Gasteiger partial charge < -0.3 is 10.4 Å². The molecule has 1 amide bonds. The van der Waals surface area contributed by atoms with Crippen LogP contribution in [0.25, 0.3) is 0 Å². The highest BCUT2D eigenvalue weighted by molar-refractivity contribution is 9.10. The Morgan fingerprint density at radius 3 is 2.87 bits per heavy atom. The van der Waals surface area contributed by atoms with Gasteiger partial charge in [-0.15, -0.1) is 11.3 Å². The standard InChI is InChI=1S/C16H15BrN2O3S/c17-11-3-1-2-10(6-11)12(7-14(20)21)18-15(22)13-8-23-16(19-13)9-4-5-9/h1-3,6,8-9,12H,4-5,7H2,(H,18,22)(H,20,21). The number of carboxylic acid groups (broad SMARTS) is 1. The molecular weight excluding hydrogens is 380 g/mol. The van der Waals surface area contributed by atoms with Crippen molar-refractivity contribution in [3.05, 3.63) is 50.4 Å². The molecular formula is C16H15BrN2O3S. The number of halogens is 1. The van der Waals surface area contributed by atoms with Crippen molar-refractivity contribution >= 4 is 39.1 Å². The van der Waals surface area contributed by atoms with Crippen LogP contribution in [0.3, 0.4) is 0 Å². The molecule has 0 aliphatic heterocycles. The van der Waals surface area contributed by atoms with Gasteiger partial charge in [-0.05, 0) is 30.5 Å². The minimum Gasteiger partial charge on any atom is -0.481 e. The number of nitrogens with one attached hydrogen (secondary N) is 1. The number of hydrogen-bond acceptors (Lipinski definition) is 4. The zero-order valence-electron chi connectivity index (χ0n) is 12.2. The lowest BCUT2D eigenvalue weighted by molar-refractivity contribution is -0.137. The summed E-state index contributed by atoms with van der Waals surface area (Å²) in [6, 6.07) is 6.68. The number of hydrogen-bond donors (Lipinski definition) is 2.